The van der Waals surface area contributed by atoms with Crippen LogP contribution < -0.4 is 5.73 Å². The molecule has 2 nitrogen and oxygen atoms in total. The van der Waals surface area contributed by atoms with Crippen molar-refractivity contribution in [2.24, 2.45) is 5.73 Å². The number of likely N-dealkylation sites (tertiary alicyclic amines) is 1. The summed E-state index contributed by atoms with van der Waals surface area (Å²) in [5, 5.41) is 0. The van der Waals surface area contributed by atoms with E-state index in [4.69, 9.17) is 5.73 Å². The van der Waals surface area contributed by atoms with E-state index in [0.717, 1.165) is 24.2 Å². The fourth-order valence-electron chi connectivity index (χ4n) is 2.56. The summed E-state index contributed by atoms with van der Waals surface area (Å²) in [5.74, 6) is 5.55. The lowest BCUT2D eigenvalue weighted by atomic mass is 10.0. The van der Waals surface area contributed by atoms with Crippen LogP contribution in [0.15, 0.2) is 18.2 Å². The lowest BCUT2D eigenvalue weighted by molar-refractivity contribution is 0.152. The molecule has 1 atom stereocenters. The van der Waals surface area contributed by atoms with Gasteiger partial charge in [-0.3, -0.25) is 4.90 Å². The standard InChI is InChI=1S/C16H21FN2/c1-13-5-2-3-10-19(13)12-15-7-8-16(17)11-14(15)6-4-9-18/h7-8,11,13H,2-3,5,9-10,12,18H2,1H3. The van der Waals surface area contributed by atoms with Crippen LogP contribution in [0.3, 0.4) is 0 Å². The van der Waals surface area contributed by atoms with Crippen molar-refractivity contribution in [2.75, 3.05) is 13.1 Å². The highest BCUT2D eigenvalue weighted by atomic mass is 19.1. The monoisotopic (exact) mass is 260 g/mol. The van der Waals surface area contributed by atoms with Gasteiger partial charge in [0.2, 0.25) is 0 Å². The molecule has 0 saturated carbocycles. The van der Waals surface area contributed by atoms with Crippen LogP contribution in [0.25, 0.3) is 0 Å². The van der Waals surface area contributed by atoms with E-state index < -0.39 is 0 Å². The van der Waals surface area contributed by atoms with Crippen molar-refractivity contribution >= 4 is 0 Å². The predicted molar refractivity (Wildman–Crippen MR) is 76.1 cm³/mol. The van der Waals surface area contributed by atoms with Crippen LogP contribution in [0.2, 0.25) is 0 Å². The van der Waals surface area contributed by atoms with Crippen LogP contribution in [-0.2, 0) is 6.54 Å². The third-order valence-electron chi connectivity index (χ3n) is 3.71. The number of benzene rings is 1. The molecule has 0 aliphatic carbocycles. The van der Waals surface area contributed by atoms with E-state index in [1.165, 1.54) is 31.4 Å². The Balaban J connectivity index is 2.18. The Morgan fingerprint density at radius 1 is 1.42 bits per heavy atom. The Bertz CT molecular complexity index is 487. The molecule has 0 bridgehead atoms. The highest BCUT2D eigenvalue weighted by Crippen LogP contribution is 2.21. The number of rotatable bonds is 2. The van der Waals surface area contributed by atoms with E-state index in [2.05, 4.69) is 23.7 Å². The number of halogens is 1. The average Bonchev–Trinajstić information content (AvgIpc) is 2.41. The Labute approximate surface area is 114 Å². The molecule has 2 rings (SSSR count). The second kappa shape index (κ2) is 6.70. The largest absolute Gasteiger partial charge is 0.320 e. The predicted octanol–water partition coefficient (Wildman–Crippen LogP) is 2.51. The van der Waals surface area contributed by atoms with Gasteiger partial charge in [0.05, 0.1) is 6.54 Å². The maximum atomic E-state index is 13.3. The van der Waals surface area contributed by atoms with E-state index in [1.807, 2.05) is 6.07 Å². The number of hydrogen-bond donors (Lipinski definition) is 1. The minimum Gasteiger partial charge on any atom is -0.320 e. The van der Waals surface area contributed by atoms with Gasteiger partial charge in [0.1, 0.15) is 5.82 Å². The van der Waals surface area contributed by atoms with E-state index in [-0.39, 0.29) is 5.82 Å². The van der Waals surface area contributed by atoms with Crippen LogP contribution in [-0.4, -0.2) is 24.0 Å². The fourth-order valence-corrected chi connectivity index (χ4v) is 2.56. The summed E-state index contributed by atoms with van der Waals surface area (Å²) in [7, 11) is 0. The molecule has 1 aliphatic heterocycles. The molecule has 1 heterocycles. The molecule has 1 saturated heterocycles. The molecule has 0 radical (unpaired) electrons. The summed E-state index contributed by atoms with van der Waals surface area (Å²) in [6.45, 7) is 4.52. The molecule has 1 aliphatic rings. The molecule has 1 fully saturated rings. The summed E-state index contributed by atoms with van der Waals surface area (Å²) in [6.07, 6.45) is 3.79. The van der Waals surface area contributed by atoms with Gasteiger partial charge < -0.3 is 5.73 Å². The maximum absolute atomic E-state index is 13.3. The van der Waals surface area contributed by atoms with Crippen LogP contribution in [0.1, 0.15) is 37.3 Å². The van der Waals surface area contributed by atoms with Gasteiger partial charge in [-0.05, 0) is 44.0 Å². The first-order valence-electron chi connectivity index (χ1n) is 6.92. The second-order valence-electron chi connectivity index (χ2n) is 5.12. The number of piperidine rings is 1. The highest BCUT2D eigenvalue weighted by Gasteiger charge is 2.19. The van der Waals surface area contributed by atoms with Crippen LogP contribution in [0.5, 0.6) is 0 Å². The van der Waals surface area contributed by atoms with Crippen LogP contribution in [0, 0.1) is 17.7 Å². The SMILES string of the molecule is CC1CCCCN1Cc1ccc(F)cc1C#CCN. The quantitative estimate of drug-likeness (QED) is 0.828. The molecular weight excluding hydrogens is 239 g/mol. The maximum Gasteiger partial charge on any atom is 0.124 e. The first-order chi connectivity index (χ1) is 9.20. The molecule has 19 heavy (non-hydrogen) atoms. The van der Waals surface area contributed by atoms with Gasteiger partial charge in [0.25, 0.3) is 0 Å². The first-order valence-corrected chi connectivity index (χ1v) is 6.92. The topological polar surface area (TPSA) is 29.3 Å². The zero-order chi connectivity index (χ0) is 13.7. The number of nitrogens with two attached hydrogens (primary N) is 1. The van der Waals surface area contributed by atoms with Gasteiger partial charge in [0, 0.05) is 18.2 Å². The molecular formula is C16H21FN2. The summed E-state index contributed by atoms with van der Waals surface area (Å²) in [5.41, 5.74) is 7.25. The van der Waals surface area contributed by atoms with E-state index >= 15 is 0 Å². The molecule has 102 valence electrons. The third-order valence-corrected chi connectivity index (χ3v) is 3.71. The van der Waals surface area contributed by atoms with Gasteiger partial charge in [-0.2, -0.15) is 0 Å². The summed E-state index contributed by atoms with van der Waals surface area (Å²) >= 11 is 0. The van der Waals surface area contributed by atoms with Gasteiger partial charge >= 0.3 is 0 Å². The first kappa shape index (κ1) is 14.0. The second-order valence-corrected chi connectivity index (χ2v) is 5.12. The lowest BCUT2D eigenvalue weighted by Gasteiger charge is -2.33. The van der Waals surface area contributed by atoms with Crippen molar-refractivity contribution in [3.63, 3.8) is 0 Å². The Kier molecular flexibility index (Phi) is 4.95. The molecule has 3 heteroatoms. The smallest absolute Gasteiger partial charge is 0.124 e. The Hall–Kier alpha value is -1.37. The summed E-state index contributed by atoms with van der Waals surface area (Å²) < 4.78 is 13.3. The lowest BCUT2D eigenvalue weighted by Crippen LogP contribution is -2.36. The third kappa shape index (κ3) is 3.79. The van der Waals surface area contributed by atoms with Gasteiger partial charge in [-0.25, -0.2) is 4.39 Å². The van der Waals surface area contributed by atoms with E-state index in [1.54, 1.807) is 0 Å². The summed E-state index contributed by atoms with van der Waals surface area (Å²) in [4.78, 5) is 2.45. The van der Waals surface area contributed by atoms with Crippen LogP contribution in [0.4, 0.5) is 4.39 Å². The van der Waals surface area contributed by atoms with Crippen LogP contribution >= 0.6 is 0 Å². The van der Waals surface area contributed by atoms with Gasteiger partial charge in [-0.15, -0.1) is 0 Å². The Morgan fingerprint density at radius 2 is 2.26 bits per heavy atom. The van der Waals surface area contributed by atoms with Crippen molar-refractivity contribution in [1.29, 1.82) is 0 Å². The molecule has 1 aromatic rings. The average molecular weight is 260 g/mol. The molecule has 0 amide bonds. The van der Waals surface area contributed by atoms with Crippen molar-refractivity contribution in [2.45, 2.75) is 38.8 Å². The molecule has 1 unspecified atom stereocenters. The normalized spacial score (nSPS) is 19.8. The van der Waals surface area contributed by atoms with Gasteiger partial charge in [0.15, 0.2) is 0 Å². The molecule has 2 N–H and O–H groups in total. The fraction of sp³-hybridized carbons (Fsp3) is 0.500. The zero-order valence-electron chi connectivity index (χ0n) is 11.5. The zero-order valence-corrected chi connectivity index (χ0v) is 11.5. The van der Waals surface area contributed by atoms with Crippen molar-refractivity contribution in [3.8, 4) is 11.8 Å². The van der Waals surface area contributed by atoms with Crippen molar-refractivity contribution in [3.05, 3.63) is 35.1 Å². The molecule has 1 aromatic carbocycles. The van der Waals surface area contributed by atoms with E-state index in [0.29, 0.717) is 12.6 Å². The highest BCUT2D eigenvalue weighted by molar-refractivity contribution is 5.42. The minimum absolute atomic E-state index is 0.239. The minimum atomic E-state index is -0.239. The van der Waals surface area contributed by atoms with Crippen molar-refractivity contribution < 1.29 is 4.39 Å². The summed E-state index contributed by atoms with van der Waals surface area (Å²) in [6, 6.07) is 5.45. The number of nitrogens with zero attached hydrogens (tertiary/aromatic N) is 1. The number of hydrogen-bond acceptors (Lipinski definition) is 2. The van der Waals surface area contributed by atoms with Crippen molar-refractivity contribution in [1.82, 2.24) is 4.90 Å². The Morgan fingerprint density at radius 3 is 3.00 bits per heavy atom. The van der Waals surface area contributed by atoms with Gasteiger partial charge in [-0.1, -0.05) is 24.3 Å². The molecule has 0 aromatic heterocycles. The molecule has 0 spiro atoms. The van der Waals surface area contributed by atoms with E-state index in [9.17, 15) is 4.39 Å².